The Labute approximate surface area is 161 Å². The second-order valence-corrected chi connectivity index (χ2v) is 9.13. The summed E-state index contributed by atoms with van der Waals surface area (Å²) < 4.78 is 26.1. The lowest BCUT2D eigenvalue weighted by molar-refractivity contribution is -0.116. The fourth-order valence-corrected chi connectivity index (χ4v) is 4.97. The van der Waals surface area contributed by atoms with Crippen LogP contribution in [0.15, 0.2) is 36.5 Å². The molecule has 6 nitrogen and oxygen atoms in total. The molecule has 27 heavy (non-hydrogen) atoms. The lowest BCUT2D eigenvalue weighted by atomic mass is 10.1. The number of hydrogen-bond acceptors (Lipinski definition) is 4. The summed E-state index contributed by atoms with van der Waals surface area (Å²) in [6, 6.07) is 9.42. The maximum Gasteiger partial charge on any atom is 0.225 e. The van der Waals surface area contributed by atoms with E-state index in [2.05, 4.69) is 10.3 Å². The van der Waals surface area contributed by atoms with Gasteiger partial charge in [0.25, 0.3) is 0 Å². The average Bonchev–Trinajstić information content (AvgIpc) is 2.90. The molecular formula is C20H27N3O3S. The molecule has 1 saturated carbocycles. The summed E-state index contributed by atoms with van der Waals surface area (Å²) >= 11 is 0. The highest BCUT2D eigenvalue weighted by Gasteiger charge is 2.27. The van der Waals surface area contributed by atoms with Crippen LogP contribution < -0.4 is 5.32 Å². The van der Waals surface area contributed by atoms with Gasteiger partial charge in [-0.2, -0.15) is 4.31 Å². The van der Waals surface area contributed by atoms with E-state index in [1.807, 2.05) is 30.3 Å². The van der Waals surface area contributed by atoms with Crippen molar-refractivity contribution in [1.29, 1.82) is 0 Å². The van der Waals surface area contributed by atoms with Crippen LogP contribution in [0.25, 0.3) is 10.9 Å². The van der Waals surface area contributed by atoms with Gasteiger partial charge in [-0.3, -0.25) is 9.78 Å². The van der Waals surface area contributed by atoms with Crippen molar-refractivity contribution in [3.8, 4) is 0 Å². The highest BCUT2D eigenvalue weighted by Crippen LogP contribution is 2.24. The Kier molecular flexibility index (Phi) is 6.44. The van der Waals surface area contributed by atoms with E-state index in [1.165, 1.54) is 10.6 Å². The Morgan fingerprint density at radius 3 is 2.56 bits per heavy atom. The number of anilines is 1. The number of nitrogens with one attached hydrogen (secondary N) is 1. The van der Waals surface area contributed by atoms with Crippen LogP contribution in [0.3, 0.4) is 0 Å². The number of para-hydroxylation sites is 1. The largest absolute Gasteiger partial charge is 0.324 e. The molecule has 3 rings (SSSR count). The minimum atomic E-state index is -3.34. The number of carbonyl (C=O) groups excluding carboxylic acids is 1. The van der Waals surface area contributed by atoms with Crippen LogP contribution in [0, 0.1) is 0 Å². The van der Waals surface area contributed by atoms with Gasteiger partial charge >= 0.3 is 0 Å². The van der Waals surface area contributed by atoms with Crippen LogP contribution in [-0.2, 0) is 14.8 Å². The number of benzene rings is 1. The predicted molar refractivity (Wildman–Crippen MR) is 108 cm³/mol. The topological polar surface area (TPSA) is 79.4 Å². The second-order valence-electron chi connectivity index (χ2n) is 7.20. The molecular weight excluding hydrogens is 362 g/mol. The third-order valence-electron chi connectivity index (χ3n) is 5.12. The van der Waals surface area contributed by atoms with Gasteiger partial charge in [-0.1, -0.05) is 43.9 Å². The van der Waals surface area contributed by atoms with Crippen LogP contribution in [0.2, 0.25) is 0 Å². The first-order chi connectivity index (χ1) is 12.9. The van der Waals surface area contributed by atoms with E-state index < -0.39 is 10.0 Å². The van der Waals surface area contributed by atoms with E-state index in [-0.39, 0.29) is 24.9 Å². The summed E-state index contributed by atoms with van der Waals surface area (Å²) in [5.74, 6) is -0.199. The van der Waals surface area contributed by atoms with Gasteiger partial charge in [-0.25, -0.2) is 8.42 Å². The molecule has 0 atom stereocenters. The summed E-state index contributed by atoms with van der Waals surface area (Å²) in [5, 5.41) is 3.83. The molecule has 0 bridgehead atoms. The SMILES string of the molecule is CS(=O)(=O)N(CCC(=O)Nc1cccc2cccnc12)C1CCCCCC1. The third kappa shape index (κ3) is 5.26. The highest BCUT2D eigenvalue weighted by molar-refractivity contribution is 7.88. The van der Waals surface area contributed by atoms with Crippen molar-refractivity contribution in [2.24, 2.45) is 0 Å². The van der Waals surface area contributed by atoms with Gasteiger partial charge in [-0.05, 0) is 25.0 Å². The van der Waals surface area contributed by atoms with Crippen LogP contribution in [0.5, 0.6) is 0 Å². The number of fused-ring (bicyclic) bond motifs is 1. The first-order valence-corrected chi connectivity index (χ1v) is 11.4. The van der Waals surface area contributed by atoms with E-state index >= 15 is 0 Å². The zero-order valence-corrected chi connectivity index (χ0v) is 16.5. The minimum Gasteiger partial charge on any atom is -0.324 e. The molecule has 0 aliphatic heterocycles. The summed E-state index contributed by atoms with van der Waals surface area (Å²) in [5.41, 5.74) is 1.38. The van der Waals surface area contributed by atoms with Gasteiger partial charge in [0.15, 0.2) is 0 Å². The molecule has 1 heterocycles. The normalized spacial score (nSPS) is 16.4. The third-order valence-corrected chi connectivity index (χ3v) is 6.46. The summed E-state index contributed by atoms with van der Waals surface area (Å²) in [7, 11) is -3.34. The van der Waals surface area contributed by atoms with Crippen LogP contribution in [-0.4, -0.2) is 42.5 Å². The molecule has 1 aromatic heterocycles. The summed E-state index contributed by atoms with van der Waals surface area (Å²) in [6.07, 6.45) is 9.22. The monoisotopic (exact) mass is 389 g/mol. The second kappa shape index (κ2) is 8.80. The van der Waals surface area contributed by atoms with E-state index in [0.29, 0.717) is 5.69 Å². The van der Waals surface area contributed by atoms with Crippen molar-refractivity contribution in [2.75, 3.05) is 18.1 Å². The van der Waals surface area contributed by atoms with Crippen molar-refractivity contribution in [3.63, 3.8) is 0 Å². The summed E-state index contributed by atoms with van der Waals surface area (Å²) in [4.78, 5) is 16.8. The molecule has 2 aromatic rings. The van der Waals surface area contributed by atoms with Crippen molar-refractivity contribution in [3.05, 3.63) is 36.5 Å². The quantitative estimate of drug-likeness (QED) is 0.766. The van der Waals surface area contributed by atoms with Crippen molar-refractivity contribution in [2.45, 2.75) is 51.0 Å². The van der Waals surface area contributed by atoms with Crippen molar-refractivity contribution >= 4 is 32.5 Å². The number of hydrogen-bond donors (Lipinski definition) is 1. The molecule has 1 aliphatic carbocycles. The number of pyridine rings is 1. The standard InChI is InChI=1S/C20H27N3O3S/c1-27(25,26)23(17-10-4-2-3-5-11-17)15-13-19(24)22-18-12-6-8-16-9-7-14-21-20(16)18/h6-9,12,14,17H,2-5,10-11,13,15H2,1H3,(H,22,24). The van der Waals surface area contributed by atoms with Gasteiger partial charge < -0.3 is 5.32 Å². The maximum atomic E-state index is 12.5. The van der Waals surface area contributed by atoms with Crippen LogP contribution in [0.4, 0.5) is 5.69 Å². The Morgan fingerprint density at radius 2 is 1.85 bits per heavy atom. The first kappa shape index (κ1) is 19.8. The molecule has 1 aromatic carbocycles. The summed E-state index contributed by atoms with van der Waals surface area (Å²) in [6.45, 7) is 0.216. The Hall–Kier alpha value is -1.99. The predicted octanol–water partition coefficient (Wildman–Crippen LogP) is 3.55. The van der Waals surface area contributed by atoms with Crippen molar-refractivity contribution < 1.29 is 13.2 Å². The maximum absolute atomic E-state index is 12.5. The van der Waals surface area contributed by atoms with Gasteiger partial charge in [0.2, 0.25) is 15.9 Å². The van der Waals surface area contributed by atoms with Crippen LogP contribution >= 0.6 is 0 Å². The van der Waals surface area contributed by atoms with E-state index in [4.69, 9.17) is 0 Å². The van der Waals surface area contributed by atoms with Crippen LogP contribution in [0.1, 0.15) is 44.9 Å². The van der Waals surface area contributed by atoms with Gasteiger partial charge in [-0.15, -0.1) is 0 Å². The number of amides is 1. The Balaban J connectivity index is 1.67. The number of aromatic nitrogens is 1. The molecule has 1 amide bonds. The number of sulfonamides is 1. The lowest BCUT2D eigenvalue weighted by Crippen LogP contribution is -2.41. The fraction of sp³-hybridized carbons (Fsp3) is 0.500. The van der Waals surface area contributed by atoms with Gasteiger partial charge in [0.1, 0.15) is 0 Å². The Bertz CT molecular complexity index is 885. The Morgan fingerprint density at radius 1 is 1.15 bits per heavy atom. The molecule has 0 unspecified atom stereocenters. The molecule has 1 N–H and O–H groups in total. The van der Waals surface area contributed by atoms with E-state index in [0.717, 1.165) is 49.4 Å². The number of carbonyl (C=O) groups is 1. The molecule has 146 valence electrons. The van der Waals surface area contributed by atoms with Gasteiger partial charge in [0.05, 0.1) is 17.5 Å². The van der Waals surface area contributed by atoms with Crippen molar-refractivity contribution in [1.82, 2.24) is 9.29 Å². The minimum absolute atomic E-state index is 0.00882. The zero-order chi connectivity index (χ0) is 19.3. The molecule has 1 aliphatic rings. The number of rotatable bonds is 6. The number of nitrogens with zero attached hydrogens (tertiary/aromatic N) is 2. The van der Waals surface area contributed by atoms with E-state index in [1.54, 1.807) is 6.20 Å². The van der Waals surface area contributed by atoms with Gasteiger partial charge in [0, 0.05) is 30.6 Å². The fourth-order valence-electron chi connectivity index (χ4n) is 3.79. The first-order valence-electron chi connectivity index (χ1n) is 9.55. The lowest BCUT2D eigenvalue weighted by Gasteiger charge is -2.28. The molecule has 7 heteroatoms. The molecule has 0 spiro atoms. The highest BCUT2D eigenvalue weighted by atomic mass is 32.2. The van der Waals surface area contributed by atoms with E-state index in [9.17, 15) is 13.2 Å². The molecule has 0 saturated heterocycles. The smallest absolute Gasteiger partial charge is 0.225 e. The average molecular weight is 390 g/mol. The molecule has 1 fully saturated rings. The zero-order valence-electron chi connectivity index (χ0n) is 15.7. The molecule has 0 radical (unpaired) electrons.